The zero-order valence-corrected chi connectivity index (χ0v) is 9.62. The molecule has 0 saturated heterocycles. The Morgan fingerprint density at radius 2 is 1.83 bits per heavy atom. The van der Waals surface area contributed by atoms with Crippen LogP contribution in [-0.4, -0.2) is 16.4 Å². The van der Waals surface area contributed by atoms with E-state index < -0.39 is 0 Å². The molecule has 2 N–H and O–H groups in total. The number of aromatic nitrogens is 2. The van der Waals surface area contributed by atoms with E-state index >= 15 is 0 Å². The highest BCUT2D eigenvalue weighted by Crippen LogP contribution is 2.15. The SMILES string of the molecule is ON=Cc1[nH]c(-c2ccccc2)[n+]2ccccc12. The van der Waals surface area contributed by atoms with E-state index in [1.165, 1.54) is 6.21 Å². The highest BCUT2D eigenvalue weighted by molar-refractivity contribution is 5.85. The molecule has 0 fully saturated rings. The third kappa shape index (κ3) is 1.64. The Morgan fingerprint density at radius 1 is 1.06 bits per heavy atom. The van der Waals surface area contributed by atoms with Gasteiger partial charge in [-0.3, -0.25) is 0 Å². The molecule has 4 heteroatoms. The van der Waals surface area contributed by atoms with Gasteiger partial charge >= 0.3 is 0 Å². The van der Waals surface area contributed by atoms with Gasteiger partial charge in [-0.15, -0.1) is 0 Å². The van der Waals surface area contributed by atoms with E-state index in [2.05, 4.69) is 10.1 Å². The molecule has 0 aliphatic carbocycles. The minimum Gasteiger partial charge on any atom is -0.411 e. The molecule has 3 rings (SSSR count). The van der Waals surface area contributed by atoms with Crippen LogP contribution in [0.3, 0.4) is 0 Å². The van der Waals surface area contributed by atoms with Gasteiger partial charge in [0, 0.05) is 0 Å². The molecule has 0 spiro atoms. The second-order valence-electron chi connectivity index (χ2n) is 3.95. The number of aromatic amines is 1. The lowest BCUT2D eigenvalue weighted by atomic mass is 10.2. The molecule has 0 atom stereocenters. The van der Waals surface area contributed by atoms with Crippen molar-refractivity contribution in [2.24, 2.45) is 5.16 Å². The molecule has 0 bridgehead atoms. The van der Waals surface area contributed by atoms with Crippen LogP contribution < -0.4 is 4.40 Å². The molecule has 1 aromatic carbocycles. The van der Waals surface area contributed by atoms with Gasteiger partial charge in [0.1, 0.15) is 6.21 Å². The highest BCUT2D eigenvalue weighted by atomic mass is 16.4. The van der Waals surface area contributed by atoms with Gasteiger partial charge in [-0.05, 0) is 24.3 Å². The predicted octanol–water partition coefficient (Wildman–Crippen LogP) is 2.23. The van der Waals surface area contributed by atoms with E-state index in [4.69, 9.17) is 5.21 Å². The highest BCUT2D eigenvalue weighted by Gasteiger charge is 2.17. The minimum atomic E-state index is 0.775. The van der Waals surface area contributed by atoms with Crippen molar-refractivity contribution in [3.8, 4) is 11.4 Å². The molecule has 2 heterocycles. The number of nitrogens with one attached hydrogen (secondary N) is 1. The molecule has 0 aliphatic heterocycles. The molecule has 88 valence electrons. The molecule has 0 amide bonds. The normalized spacial score (nSPS) is 11.3. The summed E-state index contributed by atoms with van der Waals surface area (Å²) in [6.45, 7) is 0. The smallest absolute Gasteiger partial charge is 0.292 e. The lowest BCUT2D eigenvalue weighted by Gasteiger charge is -1.93. The largest absolute Gasteiger partial charge is 0.411 e. The number of nitrogens with zero attached hydrogens (tertiary/aromatic N) is 2. The number of rotatable bonds is 2. The summed E-state index contributed by atoms with van der Waals surface area (Å²) >= 11 is 0. The Labute approximate surface area is 104 Å². The molecular weight excluding hydrogens is 226 g/mol. The molecule has 3 aromatic rings. The Hall–Kier alpha value is -2.62. The summed E-state index contributed by atoms with van der Waals surface area (Å²) in [4.78, 5) is 3.26. The fourth-order valence-corrected chi connectivity index (χ4v) is 2.07. The van der Waals surface area contributed by atoms with Crippen molar-refractivity contribution < 1.29 is 9.61 Å². The average Bonchev–Trinajstić information content (AvgIpc) is 2.80. The van der Waals surface area contributed by atoms with Crippen molar-refractivity contribution in [3.05, 3.63) is 60.4 Å². The van der Waals surface area contributed by atoms with Crippen LogP contribution in [-0.2, 0) is 0 Å². The van der Waals surface area contributed by atoms with E-state index in [-0.39, 0.29) is 0 Å². The van der Waals surface area contributed by atoms with Crippen LogP contribution in [0.15, 0.2) is 59.9 Å². The summed E-state index contributed by atoms with van der Waals surface area (Å²) < 4.78 is 2.03. The van der Waals surface area contributed by atoms with Crippen molar-refractivity contribution in [3.63, 3.8) is 0 Å². The predicted molar refractivity (Wildman–Crippen MR) is 68.8 cm³/mol. The Kier molecular flexibility index (Phi) is 2.53. The molecule has 0 aliphatic rings. The van der Waals surface area contributed by atoms with Gasteiger partial charge < -0.3 is 5.21 Å². The average molecular weight is 238 g/mol. The van der Waals surface area contributed by atoms with Crippen LogP contribution in [0, 0.1) is 0 Å². The summed E-state index contributed by atoms with van der Waals surface area (Å²) in [6.07, 6.45) is 3.38. The van der Waals surface area contributed by atoms with Crippen molar-refractivity contribution in [1.82, 2.24) is 4.98 Å². The first-order chi connectivity index (χ1) is 8.90. The van der Waals surface area contributed by atoms with Crippen LogP contribution in [0.5, 0.6) is 0 Å². The van der Waals surface area contributed by atoms with Crippen LogP contribution in [0.2, 0.25) is 0 Å². The van der Waals surface area contributed by atoms with E-state index in [1.807, 2.05) is 59.1 Å². The summed E-state index contributed by atoms with van der Waals surface area (Å²) in [7, 11) is 0. The standard InChI is InChI=1S/C14H11N3O/c18-15-10-12-13-8-4-5-9-17(13)14(16-12)11-6-2-1-3-7-11/h1-10,18H/p+1. The number of H-pyrrole nitrogens is 1. The molecular formula is C14H12N3O+. The lowest BCUT2D eigenvalue weighted by Crippen LogP contribution is -2.21. The molecule has 18 heavy (non-hydrogen) atoms. The van der Waals surface area contributed by atoms with Crippen LogP contribution in [0.25, 0.3) is 16.9 Å². The van der Waals surface area contributed by atoms with E-state index in [0.29, 0.717) is 0 Å². The topological polar surface area (TPSA) is 52.5 Å². The van der Waals surface area contributed by atoms with Crippen molar-refractivity contribution in [2.75, 3.05) is 0 Å². The third-order valence-electron chi connectivity index (χ3n) is 2.86. The molecule has 0 unspecified atom stereocenters. The zero-order valence-electron chi connectivity index (χ0n) is 9.62. The Balaban J connectivity index is 2.30. The van der Waals surface area contributed by atoms with Gasteiger partial charge in [0.05, 0.1) is 11.8 Å². The van der Waals surface area contributed by atoms with Crippen LogP contribution >= 0.6 is 0 Å². The number of hydrogen-bond acceptors (Lipinski definition) is 2. The molecule has 4 nitrogen and oxygen atoms in total. The number of fused-ring (bicyclic) bond motifs is 1. The minimum absolute atomic E-state index is 0.775. The number of pyridine rings is 1. The maximum absolute atomic E-state index is 8.70. The monoisotopic (exact) mass is 238 g/mol. The summed E-state index contributed by atoms with van der Waals surface area (Å²) in [5, 5.41) is 11.8. The van der Waals surface area contributed by atoms with E-state index in [0.717, 1.165) is 22.6 Å². The molecule has 0 radical (unpaired) electrons. The van der Waals surface area contributed by atoms with Gasteiger partial charge in [-0.25, -0.2) is 4.98 Å². The fourth-order valence-electron chi connectivity index (χ4n) is 2.07. The van der Waals surface area contributed by atoms with E-state index in [9.17, 15) is 0 Å². The molecule has 2 aromatic heterocycles. The number of imidazole rings is 1. The maximum Gasteiger partial charge on any atom is 0.292 e. The number of hydrogen-bond donors (Lipinski definition) is 2. The summed E-state index contributed by atoms with van der Waals surface area (Å²) in [5.74, 6) is 0.959. The van der Waals surface area contributed by atoms with Crippen LogP contribution in [0.1, 0.15) is 5.69 Å². The molecule has 0 saturated carbocycles. The number of benzene rings is 1. The zero-order chi connectivity index (χ0) is 12.4. The second kappa shape index (κ2) is 4.33. The Morgan fingerprint density at radius 3 is 2.61 bits per heavy atom. The van der Waals surface area contributed by atoms with Crippen molar-refractivity contribution >= 4 is 11.7 Å². The van der Waals surface area contributed by atoms with Crippen molar-refractivity contribution in [2.45, 2.75) is 0 Å². The van der Waals surface area contributed by atoms with Crippen molar-refractivity contribution in [1.29, 1.82) is 0 Å². The lowest BCUT2D eigenvalue weighted by molar-refractivity contribution is -0.498. The number of oxime groups is 1. The second-order valence-corrected chi connectivity index (χ2v) is 3.95. The summed E-state index contributed by atoms with van der Waals surface area (Å²) in [5.41, 5.74) is 2.82. The van der Waals surface area contributed by atoms with Gasteiger partial charge in [-0.1, -0.05) is 29.4 Å². The van der Waals surface area contributed by atoms with Crippen LogP contribution in [0.4, 0.5) is 0 Å². The van der Waals surface area contributed by atoms with Gasteiger partial charge in [-0.2, -0.15) is 4.40 Å². The first-order valence-electron chi connectivity index (χ1n) is 5.65. The third-order valence-corrected chi connectivity index (χ3v) is 2.86. The van der Waals surface area contributed by atoms with Gasteiger partial charge in [0.25, 0.3) is 5.82 Å². The van der Waals surface area contributed by atoms with E-state index in [1.54, 1.807) is 0 Å². The summed E-state index contributed by atoms with van der Waals surface area (Å²) in [6, 6.07) is 15.9. The van der Waals surface area contributed by atoms with Gasteiger partial charge in [0.15, 0.2) is 11.2 Å². The first kappa shape index (κ1) is 10.5. The van der Waals surface area contributed by atoms with Gasteiger partial charge in [0.2, 0.25) is 0 Å². The Bertz CT molecular complexity index is 701. The first-order valence-corrected chi connectivity index (χ1v) is 5.65. The maximum atomic E-state index is 8.70. The quantitative estimate of drug-likeness (QED) is 0.306. The fraction of sp³-hybridized carbons (Fsp3) is 0.